The normalized spacial score (nSPS) is 39.6. The summed E-state index contributed by atoms with van der Waals surface area (Å²) in [5, 5.41) is 69.9. The summed E-state index contributed by atoms with van der Waals surface area (Å²) >= 11 is 0. The Bertz CT molecular complexity index is 521. The van der Waals surface area contributed by atoms with Gasteiger partial charge in [0, 0.05) is 6.61 Å². The molecule has 11 nitrogen and oxygen atoms in total. The number of hydrogen-bond acceptors (Lipinski definition) is 11. The van der Waals surface area contributed by atoms with Crippen molar-refractivity contribution in [3.05, 3.63) is 0 Å². The van der Waals surface area contributed by atoms with E-state index in [-0.39, 0.29) is 0 Å². The van der Waals surface area contributed by atoms with Crippen LogP contribution in [-0.4, -0.2) is 117 Å². The van der Waals surface area contributed by atoms with Gasteiger partial charge in [-0.3, -0.25) is 0 Å². The quantitative estimate of drug-likeness (QED) is 0.147. The molecule has 0 aromatic rings. The molecule has 10 atom stereocenters. The molecule has 0 aliphatic carbocycles. The molecule has 4 unspecified atom stereocenters. The molecule has 0 spiro atoms. The van der Waals surface area contributed by atoms with E-state index >= 15 is 0 Å². The molecule has 0 radical (unpaired) electrons. The van der Waals surface area contributed by atoms with Crippen LogP contribution >= 0.6 is 0 Å². The third kappa shape index (κ3) is 8.04. The van der Waals surface area contributed by atoms with Crippen molar-refractivity contribution in [2.24, 2.45) is 0 Å². The van der Waals surface area contributed by atoms with E-state index in [9.17, 15) is 35.7 Å². The van der Waals surface area contributed by atoms with Gasteiger partial charge in [-0.1, -0.05) is 51.9 Å². The summed E-state index contributed by atoms with van der Waals surface area (Å²) in [6, 6.07) is 0. The van der Waals surface area contributed by atoms with Crippen molar-refractivity contribution in [2.75, 3.05) is 19.8 Å². The fourth-order valence-corrected chi connectivity index (χ4v) is 4.13. The molecule has 2 aliphatic rings. The average molecular weight is 483 g/mol. The molecule has 0 aromatic heterocycles. The molecule has 7 N–H and O–H groups in total. The number of hydrogen-bond donors (Lipinski definition) is 7. The Labute approximate surface area is 194 Å². The Morgan fingerprint density at radius 1 is 0.606 bits per heavy atom. The van der Waals surface area contributed by atoms with Crippen LogP contribution in [0.3, 0.4) is 0 Å². The van der Waals surface area contributed by atoms with Crippen LogP contribution in [0.1, 0.15) is 58.3 Å². The Balaban J connectivity index is 1.82. The highest BCUT2D eigenvalue weighted by molar-refractivity contribution is 4.94. The molecule has 2 saturated heterocycles. The van der Waals surface area contributed by atoms with E-state index < -0.39 is 74.6 Å². The first-order valence-electron chi connectivity index (χ1n) is 12.1. The average Bonchev–Trinajstić information content (AvgIpc) is 2.82. The molecule has 0 amide bonds. The van der Waals surface area contributed by atoms with Gasteiger partial charge < -0.3 is 54.7 Å². The molecule has 0 aromatic carbocycles. The summed E-state index contributed by atoms with van der Waals surface area (Å²) in [7, 11) is 0. The maximum Gasteiger partial charge on any atom is 0.187 e. The molecule has 196 valence electrons. The molecule has 0 bridgehead atoms. The molecule has 2 fully saturated rings. The van der Waals surface area contributed by atoms with Gasteiger partial charge in [0.05, 0.1) is 13.2 Å². The van der Waals surface area contributed by atoms with Crippen molar-refractivity contribution in [1.82, 2.24) is 0 Å². The molecule has 2 rings (SSSR count). The van der Waals surface area contributed by atoms with Crippen molar-refractivity contribution < 1.29 is 54.7 Å². The van der Waals surface area contributed by atoms with Gasteiger partial charge in [0.15, 0.2) is 12.6 Å². The van der Waals surface area contributed by atoms with Crippen molar-refractivity contribution in [2.45, 2.75) is 120 Å². The standard InChI is InChI=1S/C22H42O11/c1-2-3-4-5-6-7-8-9-10-30-21-19(29)17(27)20(14(12-24)32-21)33-22-18(28)16(26)15(25)13(11-23)31-22/h13-29H,2-12H2,1H3/t13?,14?,15-,16-,17+,18?,19?,20-,21+,22-/m0/s1. The second-order valence-electron chi connectivity index (χ2n) is 8.85. The van der Waals surface area contributed by atoms with Crippen LogP contribution in [-0.2, 0) is 18.9 Å². The van der Waals surface area contributed by atoms with Gasteiger partial charge in [-0.15, -0.1) is 0 Å². The zero-order valence-electron chi connectivity index (χ0n) is 19.3. The predicted octanol–water partition coefficient (Wildman–Crippen LogP) is -1.23. The van der Waals surface area contributed by atoms with E-state index in [1.54, 1.807) is 0 Å². The summed E-state index contributed by atoms with van der Waals surface area (Å²) in [6.07, 6.45) is -5.35. The third-order valence-electron chi connectivity index (χ3n) is 6.24. The Morgan fingerprint density at radius 2 is 1.15 bits per heavy atom. The van der Waals surface area contributed by atoms with Crippen molar-refractivity contribution in [3.63, 3.8) is 0 Å². The second kappa shape index (κ2) is 14.8. The third-order valence-corrected chi connectivity index (χ3v) is 6.24. The molecule has 11 heteroatoms. The minimum absolute atomic E-state index is 0.319. The van der Waals surface area contributed by atoms with Gasteiger partial charge in [0.2, 0.25) is 0 Å². The lowest BCUT2D eigenvalue weighted by Gasteiger charge is -2.45. The van der Waals surface area contributed by atoms with E-state index in [0.29, 0.717) is 6.61 Å². The summed E-state index contributed by atoms with van der Waals surface area (Å²) in [6.45, 7) is 1.28. The van der Waals surface area contributed by atoms with Crippen molar-refractivity contribution in [3.8, 4) is 0 Å². The minimum atomic E-state index is -1.69. The van der Waals surface area contributed by atoms with E-state index in [0.717, 1.165) is 19.3 Å². The number of ether oxygens (including phenoxy) is 4. The maximum atomic E-state index is 10.6. The largest absolute Gasteiger partial charge is 0.394 e. The van der Waals surface area contributed by atoms with Gasteiger partial charge in [0.1, 0.15) is 48.8 Å². The van der Waals surface area contributed by atoms with Crippen LogP contribution in [0.15, 0.2) is 0 Å². The Hall–Kier alpha value is -0.440. The fourth-order valence-electron chi connectivity index (χ4n) is 4.13. The van der Waals surface area contributed by atoms with Crippen LogP contribution in [0.5, 0.6) is 0 Å². The zero-order valence-corrected chi connectivity index (χ0v) is 19.3. The van der Waals surface area contributed by atoms with E-state index in [1.807, 2.05) is 0 Å². The van der Waals surface area contributed by atoms with Crippen LogP contribution in [0.25, 0.3) is 0 Å². The molecular formula is C22H42O11. The number of rotatable bonds is 14. The first-order chi connectivity index (χ1) is 15.8. The van der Waals surface area contributed by atoms with Crippen LogP contribution in [0, 0.1) is 0 Å². The summed E-state index contributed by atoms with van der Waals surface area (Å²) in [5.74, 6) is 0. The molecule has 2 aliphatic heterocycles. The summed E-state index contributed by atoms with van der Waals surface area (Å²) in [5.41, 5.74) is 0. The number of aliphatic hydroxyl groups is 7. The topological polar surface area (TPSA) is 179 Å². The highest BCUT2D eigenvalue weighted by Gasteiger charge is 2.50. The molecule has 33 heavy (non-hydrogen) atoms. The van der Waals surface area contributed by atoms with Gasteiger partial charge in [-0.25, -0.2) is 0 Å². The first-order valence-corrected chi connectivity index (χ1v) is 12.1. The summed E-state index contributed by atoms with van der Waals surface area (Å²) < 4.78 is 22.0. The SMILES string of the molecule is CCCCCCCCCCO[C@@H]1OC(CO)[C@H](O[C@@H]2OC(CO)[C@H](O)[C@H](O)C2O)[C@H](O)C1O. The monoisotopic (exact) mass is 482 g/mol. The molecular weight excluding hydrogens is 440 g/mol. The van der Waals surface area contributed by atoms with Gasteiger partial charge in [-0.05, 0) is 6.42 Å². The highest BCUT2D eigenvalue weighted by atomic mass is 16.7. The van der Waals surface area contributed by atoms with Gasteiger partial charge >= 0.3 is 0 Å². The van der Waals surface area contributed by atoms with Gasteiger partial charge in [-0.2, -0.15) is 0 Å². The van der Waals surface area contributed by atoms with E-state index in [2.05, 4.69) is 6.92 Å². The molecule has 0 saturated carbocycles. The smallest absolute Gasteiger partial charge is 0.187 e. The maximum absolute atomic E-state index is 10.6. The van der Waals surface area contributed by atoms with Crippen molar-refractivity contribution >= 4 is 0 Å². The number of unbranched alkanes of at least 4 members (excludes halogenated alkanes) is 7. The second-order valence-corrected chi connectivity index (χ2v) is 8.85. The zero-order chi connectivity index (χ0) is 24.4. The van der Waals surface area contributed by atoms with Gasteiger partial charge in [0.25, 0.3) is 0 Å². The molecule has 2 heterocycles. The highest BCUT2D eigenvalue weighted by Crippen LogP contribution is 2.29. The minimum Gasteiger partial charge on any atom is -0.394 e. The Morgan fingerprint density at radius 3 is 1.76 bits per heavy atom. The first kappa shape index (κ1) is 28.8. The van der Waals surface area contributed by atoms with E-state index in [1.165, 1.54) is 32.1 Å². The van der Waals surface area contributed by atoms with Crippen LogP contribution < -0.4 is 0 Å². The van der Waals surface area contributed by atoms with Crippen LogP contribution in [0.2, 0.25) is 0 Å². The van der Waals surface area contributed by atoms with Crippen LogP contribution in [0.4, 0.5) is 0 Å². The number of aliphatic hydroxyl groups excluding tert-OH is 7. The van der Waals surface area contributed by atoms with E-state index in [4.69, 9.17) is 18.9 Å². The lowest BCUT2D eigenvalue weighted by atomic mass is 9.97. The predicted molar refractivity (Wildman–Crippen MR) is 115 cm³/mol. The lowest BCUT2D eigenvalue weighted by Crippen LogP contribution is -2.64. The lowest BCUT2D eigenvalue weighted by molar-refractivity contribution is -0.359. The fraction of sp³-hybridized carbons (Fsp3) is 1.00. The van der Waals surface area contributed by atoms with Crippen molar-refractivity contribution in [1.29, 1.82) is 0 Å². The Kier molecular flexibility index (Phi) is 13.0. The summed E-state index contributed by atoms with van der Waals surface area (Å²) in [4.78, 5) is 0.